The molecule has 0 bridgehead atoms. The molecule has 1 saturated heterocycles. The molecule has 0 atom stereocenters. The van der Waals surface area contributed by atoms with Gasteiger partial charge in [-0.2, -0.15) is 0 Å². The van der Waals surface area contributed by atoms with Crippen molar-refractivity contribution in [1.82, 2.24) is 15.1 Å². The monoisotopic (exact) mass is 305 g/mol. The Kier molecular flexibility index (Phi) is 4.80. The van der Waals surface area contributed by atoms with Gasteiger partial charge in [0.2, 0.25) is 12.7 Å². The van der Waals surface area contributed by atoms with Crippen LogP contribution in [0.15, 0.2) is 18.2 Å². The Morgan fingerprint density at radius 2 is 1.95 bits per heavy atom. The third-order valence-corrected chi connectivity index (χ3v) is 4.18. The number of hydrogen-bond acceptors (Lipinski definition) is 5. The molecule has 0 spiro atoms. The van der Waals surface area contributed by atoms with Crippen molar-refractivity contribution in [3.63, 3.8) is 0 Å². The number of hydrogen-bond donors (Lipinski definition) is 1. The fourth-order valence-electron chi connectivity index (χ4n) is 2.67. The first-order chi connectivity index (χ1) is 10.7. The van der Waals surface area contributed by atoms with Crippen LogP contribution in [-0.4, -0.2) is 62.3 Å². The maximum Gasteiger partial charge on any atom is 0.231 e. The third-order valence-electron chi connectivity index (χ3n) is 4.18. The Balaban J connectivity index is 1.39. The van der Waals surface area contributed by atoms with Crippen LogP contribution >= 0.6 is 0 Å². The maximum atomic E-state index is 12.0. The van der Waals surface area contributed by atoms with E-state index in [1.165, 1.54) is 0 Å². The van der Waals surface area contributed by atoms with E-state index in [4.69, 9.17) is 9.47 Å². The average Bonchev–Trinajstić information content (AvgIpc) is 3.00. The van der Waals surface area contributed by atoms with Gasteiger partial charge in [0.25, 0.3) is 0 Å². The van der Waals surface area contributed by atoms with E-state index in [0.717, 1.165) is 49.8 Å². The Hall–Kier alpha value is -1.79. The summed E-state index contributed by atoms with van der Waals surface area (Å²) in [7, 11) is 2.13. The van der Waals surface area contributed by atoms with E-state index in [0.29, 0.717) is 13.0 Å². The Morgan fingerprint density at radius 3 is 2.77 bits per heavy atom. The zero-order chi connectivity index (χ0) is 15.4. The summed E-state index contributed by atoms with van der Waals surface area (Å²) in [6.07, 6.45) is 0.550. The summed E-state index contributed by atoms with van der Waals surface area (Å²) in [5.74, 6) is 1.62. The topological polar surface area (TPSA) is 54.0 Å². The quantitative estimate of drug-likeness (QED) is 0.866. The zero-order valence-electron chi connectivity index (χ0n) is 13.0. The second kappa shape index (κ2) is 6.98. The highest BCUT2D eigenvalue weighted by atomic mass is 16.7. The molecule has 0 radical (unpaired) electrons. The number of likely N-dealkylation sites (N-methyl/N-ethyl adjacent to an activating group) is 1. The summed E-state index contributed by atoms with van der Waals surface area (Å²) in [5, 5.41) is 2.97. The second-order valence-electron chi connectivity index (χ2n) is 5.86. The lowest BCUT2D eigenvalue weighted by Crippen LogP contribution is -2.45. The number of carbonyl (C=O) groups is 1. The molecule has 0 aromatic heterocycles. The number of nitrogens with zero attached hydrogens (tertiary/aromatic N) is 2. The number of carbonyl (C=O) groups excluding carboxylic acids is 1. The van der Waals surface area contributed by atoms with E-state index in [1.54, 1.807) is 0 Å². The number of rotatable bonds is 5. The number of fused-ring (bicyclic) bond motifs is 1. The maximum absolute atomic E-state index is 12.0. The first-order valence-electron chi connectivity index (χ1n) is 7.77. The summed E-state index contributed by atoms with van der Waals surface area (Å²) in [5.41, 5.74) is 1.03. The molecule has 2 heterocycles. The van der Waals surface area contributed by atoms with Gasteiger partial charge in [0, 0.05) is 45.7 Å². The molecule has 1 aromatic carbocycles. The minimum Gasteiger partial charge on any atom is -0.454 e. The van der Waals surface area contributed by atoms with Crippen LogP contribution in [0.3, 0.4) is 0 Å². The van der Waals surface area contributed by atoms with Gasteiger partial charge in [0.05, 0.1) is 0 Å². The number of nitrogens with one attached hydrogen (secondary N) is 1. The molecule has 0 unspecified atom stereocenters. The van der Waals surface area contributed by atoms with Crippen LogP contribution in [0.2, 0.25) is 0 Å². The van der Waals surface area contributed by atoms with Gasteiger partial charge in [-0.15, -0.1) is 0 Å². The summed E-state index contributed by atoms with van der Waals surface area (Å²) in [6, 6.07) is 5.76. The lowest BCUT2D eigenvalue weighted by molar-refractivity contribution is -0.121. The molecule has 2 aliphatic rings. The minimum absolute atomic E-state index is 0.0941. The van der Waals surface area contributed by atoms with E-state index in [1.807, 2.05) is 18.2 Å². The average molecular weight is 305 g/mol. The summed E-state index contributed by atoms with van der Waals surface area (Å²) in [4.78, 5) is 16.6. The van der Waals surface area contributed by atoms with E-state index >= 15 is 0 Å². The molecule has 0 saturated carbocycles. The zero-order valence-corrected chi connectivity index (χ0v) is 13.0. The van der Waals surface area contributed by atoms with Crippen LogP contribution in [-0.2, 0) is 11.3 Å². The number of amides is 1. The molecule has 120 valence electrons. The fourth-order valence-corrected chi connectivity index (χ4v) is 2.67. The summed E-state index contributed by atoms with van der Waals surface area (Å²) < 4.78 is 10.6. The Labute approximate surface area is 131 Å². The van der Waals surface area contributed by atoms with Crippen molar-refractivity contribution in [2.75, 3.05) is 46.6 Å². The first kappa shape index (κ1) is 15.1. The molecular formula is C16H23N3O3. The smallest absolute Gasteiger partial charge is 0.231 e. The molecule has 0 aliphatic carbocycles. The highest BCUT2D eigenvalue weighted by Crippen LogP contribution is 2.32. The van der Waals surface area contributed by atoms with Crippen molar-refractivity contribution >= 4 is 5.91 Å². The summed E-state index contributed by atoms with van der Waals surface area (Å²) >= 11 is 0. The van der Waals surface area contributed by atoms with E-state index < -0.39 is 0 Å². The summed E-state index contributed by atoms with van der Waals surface area (Å²) in [6.45, 7) is 5.89. The van der Waals surface area contributed by atoms with Crippen molar-refractivity contribution in [2.24, 2.45) is 0 Å². The van der Waals surface area contributed by atoms with Gasteiger partial charge < -0.3 is 24.6 Å². The van der Waals surface area contributed by atoms with Crippen LogP contribution in [0.1, 0.15) is 12.0 Å². The molecule has 1 fully saturated rings. The predicted molar refractivity (Wildman–Crippen MR) is 83.0 cm³/mol. The van der Waals surface area contributed by atoms with E-state index in [9.17, 15) is 4.79 Å². The molecule has 2 aliphatic heterocycles. The SMILES string of the molecule is CN1CCN(CCC(=O)NCc2ccc3c(c2)OCO3)CC1. The molecule has 6 heteroatoms. The number of piperazine rings is 1. The minimum atomic E-state index is 0.0941. The second-order valence-corrected chi connectivity index (χ2v) is 5.86. The van der Waals surface area contributed by atoms with E-state index in [2.05, 4.69) is 22.2 Å². The van der Waals surface area contributed by atoms with Gasteiger partial charge in [0.15, 0.2) is 11.5 Å². The number of ether oxygens (including phenoxy) is 2. The van der Waals surface area contributed by atoms with Crippen molar-refractivity contribution in [2.45, 2.75) is 13.0 Å². The van der Waals surface area contributed by atoms with Crippen LogP contribution < -0.4 is 14.8 Å². The van der Waals surface area contributed by atoms with Crippen LogP contribution in [0.5, 0.6) is 11.5 Å². The molecule has 6 nitrogen and oxygen atoms in total. The van der Waals surface area contributed by atoms with Crippen molar-refractivity contribution in [1.29, 1.82) is 0 Å². The van der Waals surface area contributed by atoms with Crippen molar-refractivity contribution < 1.29 is 14.3 Å². The Morgan fingerprint density at radius 1 is 1.18 bits per heavy atom. The lowest BCUT2D eigenvalue weighted by atomic mass is 10.2. The Bertz CT molecular complexity index is 527. The molecule has 1 aromatic rings. The lowest BCUT2D eigenvalue weighted by Gasteiger charge is -2.32. The molecule has 1 amide bonds. The molecule has 1 N–H and O–H groups in total. The van der Waals surface area contributed by atoms with Gasteiger partial charge in [-0.25, -0.2) is 0 Å². The number of benzene rings is 1. The van der Waals surface area contributed by atoms with E-state index in [-0.39, 0.29) is 12.7 Å². The van der Waals surface area contributed by atoms with Crippen molar-refractivity contribution in [3.8, 4) is 11.5 Å². The molecule has 3 rings (SSSR count). The van der Waals surface area contributed by atoms with Crippen molar-refractivity contribution in [3.05, 3.63) is 23.8 Å². The fraction of sp³-hybridized carbons (Fsp3) is 0.562. The predicted octanol–water partition coefficient (Wildman–Crippen LogP) is 0.669. The van der Waals surface area contributed by atoms with Crippen LogP contribution in [0.25, 0.3) is 0 Å². The highest BCUT2D eigenvalue weighted by molar-refractivity contribution is 5.76. The van der Waals surface area contributed by atoms with Crippen LogP contribution in [0.4, 0.5) is 0 Å². The van der Waals surface area contributed by atoms with Gasteiger partial charge in [-0.1, -0.05) is 6.07 Å². The van der Waals surface area contributed by atoms with Gasteiger partial charge in [0.1, 0.15) is 0 Å². The molecular weight excluding hydrogens is 282 g/mol. The standard InChI is InChI=1S/C16H23N3O3/c1-18-6-8-19(9-7-18)5-4-16(20)17-11-13-2-3-14-15(10-13)22-12-21-14/h2-3,10H,4-9,11-12H2,1H3,(H,17,20). The third kappa shape index (κ3) is 3.90. The largest absolute Gasteiger partial charge is 0.454 e. The van der Waals surface area contributed by atoms with Gasteiger partial charge >= 0.3 is 0 Å². The van der Waals surface area contributed by atoms with Crippen LogP contribution in [0, 0.1) is 0 Å². The first-order valence-corrected chi connectivity index (χ1v) is 7.77. The highest BCUT2D eigenvalue weighted by Gasteiger charge is 2.15. The normalized spacial score (nSPS) is 18.4. The van der Waals surface area contributed by atoms with Gasteiger partial charge in [-0.3, -0.25) is 4.79 Å². The van der Waals surface area contributed by atoms with Gasteiger partial charge in [-0.05, 0) is 24.7 Å². The molecule has 22 heavy (non-hydrogen) atoms.